The standard InChI is InChI=1S/C19H27N5OS/c1-2-25-14-6-12-20-19(26)21-16-10-8-15(9-11-16)18-23-22-17-7-4-3-5-13-24(17)18/h8-11H,2-7,12-14H2,1H3,(H2,20,21,26). The fraction of sp³-hybridized carbons (Fsp3) is 0.526. The minimum Gasteiger partial charge on any atom is -0.382 e. The van der Waals surface area contributed by atoms with Crippen molar-refractivity contribution < 1.29 is 4.74 Å². The number of nitrogens with zero attached hydrogens (tertiary/aromatic N) is 3. The molecule has 3 rings (SSSR count). The van der Waals surface area contributed by atoms with E-state index in [0.29, 0.717) is 5.11 Å². The summed E-state index contributed by atoms with van der Waals surface area (Å²) in [7, 11) is 0. The van der Waals surface area contributed by atoms with Crippen LogP contribution in [0.1, 0.15) is 38.4 Å². The molecule has 0 saturated heterocycles. The number of fused-ring (bicyclic) bond motifs is 1. The second-order valence-corrected chi connectivity index (χ2v) is 6.82. The molecule has 2 N–H and O–H groups in total. The maximum atomic E-state index is 5.33. The first kappa shape index (κ1) is 18.8. The van der Waals surface area contributed by atoms with Crippen molar-refractivity contribution in [2.75, 3.05) is 25.1 Å². The lowest BCUT2D eigenvalue weighted by molar-refractivity contribution is 0.146. The van der Waals surface area contributed by atoms with Crippen LogP contribution >= 0.6 is 12.2 Å². The lowest BCUT2D eigenvalue weighted by Crippen LogP contribution is -2.29. The van der Waals surface area contributed by atoms with E-state index >= 15 is 0 Å². The van der Waals surface area contributed by atoms with Crippen LogP contribution in [0.5, 0.6) is 0 Å². The average molecular weight is 374 g/mol. The van der Waals surface area contributed by atoms with Crippen molar-refractivity contribution in [2.24, 2.45) is 0 Å². The highest BCUT2D eigenvalue weighted by molar-refractivity contribution is 7.80. The van der Waals surface area contributed by atoms with Gasteiger partial charge in [0.1, 0.15) is 5.82 Å². The largest absolute Gasteiger partial charge is 0.382 e. The Labute approximate surface area is 160 Å². The third kappa shape index (κ3) is 5.02. The van der Waals surface area contributed by atoms with Gasteiger partial charge in [-0.15, -0.1) is 10.2 Å². The zero-order valence-electron chi connectivity index (χ0n) is 15.3. The number of benzene rings is 1. The van der Waals surface area contributed by atoms with Gasteiger partial charge in [0.2, 0.25) is 0 Å². The summed E-state index contributed by atoms with van der Waals surface area (Å²) in [6, 6.07) is 8.20. The van der Waals surface area contributed by atoms with Crippen LogP contribution < -0.4 is 10.6 Å². The summed E-state index contributed by atoms with van der Waals surface area (Å²) in [5, 5.41) is 15.8. The molecule has 0 saturated carbocycles. The van der Waals surface area contributed by atoms with Crippen LogP contribution in [0.25, 0.3) is 11.4 Å². The summed E-state index contributed by atoms with van der Waals surface area (Å²) in [4.78, 5) is 0. The molecule has 0 unspecified atom stereocenters. The van der Waals surface area contributed by atoms with Gasteiger partial charge >= 0.3 is 0 Å². The molecule has 1 aromatic carbocycles. The Morgan fingerprint density at radius 1 is 1.19 bits per heavy atom. The smallest absolute Gasteiger partial charge is 0.170 e. The van der Waals surface area contributed by atoms with E-state index in [1.807, 2.05) is 19.1 Å². The van der Waals surface area contributed by atoms with Crippen LogP contribution in [0.2, 0.25) is 0 Å². The van der Waals surface area contributed by atoms with Crippen molar-refractivity contribution in [2.45, 2.75) is 45.6 Å². The number of aryl methyl sites for hydroxylation is 1. The highest BCUT2D eigenvalue weighted by Gasteiger charge is 2.15. The Morgan fingerprint density at radius 3 is 2.85 bits per heavy atom. The molecule has 0 radical (unpaired) electrons. The topological polar surface area (TPSA) is 64.0 Å². The molecule has 0 fully saturated rings. The number of aromatic nitrogens is 3. The molecule has 1 aliphatic heterocycles. The Hall–Kier alpha value is -1.99. The van der Waals surface area contributed by atoms with Crippen LogP contribution in [-0.4, -0.2) is 39.6 Å². The van der Waals surface area contributed by atoms with E-state index < -0.39 is 0 Å². The van der Waals surface area contributed by atoms with Gasteiger partial charge in [-0.25, -0.2) is 0 Å². The Balaban J connectivity index is 1.56. The van der Waals surface area contributed by atoms with Gasteiger partial charge in [-0.1, -0.05) is 6.42 Å². The van der Waals surface area contributed by atoms with E-state index in [2.05, 4.69) is 37.5 Å². The van der Waals surface area contributed by atoms with Gasteiger partial charge in [0.05, 0.1) is 0 Å². The van der Waals surface area contributed by atoms with E-state index in [1.165, 1.54) is 19.3 Å². The first-order chi connectivity index (χ1) is 12.8. The second kappa shape index (κ2) is 9.64. The summed E-state index contributed by atoms with van der Waals surface area (Å²) >= 11 is 5.33. The molecule has 140 valence electrons. The zero-order chi connectivity index (χ0) is 18.2. The van der Waals surface area contributed by atoms with Crippen molar-refractivity contribution in [3.63, 3.8) is 0 Å². The maximum absolute atomic E-state index is 5.33. The van der Waals surface area contributed by atoms with Gasteiger partial charge in [-0.3, -0.25) is 0 Å². The summed E-state index contributed by atoms with van der Waals surface area (Å²) in [5.74, 6) is 2.07. The van der Waals surface area contributed by atoms with Gasteiger partial charge in [0.25, 0.3) is 0 Å². The number of ether oxygens (including phenoxy) is 1. The first-order valence-corrected chi connectivity index (χ1v) is 9.84. The fourth-order valence-corrected chi connectivity index (χ4v) is 3.32. The molecule has 0 atom stereocenters. The molecular weight excluding hydrogens is 346 g/mol. The molecule has 6 nitrogen and oxygen atoms in total. The molecule has 26 heavy (non-hydrogen) atoms. The van der Waals surface area contributed by atoms with E-state index in [1.54, 1.807) is 0 Å². The Kier molecular flexibility index (Phi) is 6.96. The molecule has 0 aliphatic carbocycles. The fourth-order valence-electron chi connectivity index (χ4n) is 3.10. The lowest BCUT2D eigenvalue weighted by Gasteiger charge is -2.11. The number of rotatable bonds is 7. The summed E-state index contributed by atoms with van der Waals surface area (Å²) < 4.78 is 7.58. The molecule has 1 aromatic heterocycles. The summed E-state index contributed by atoms with van der Waals surface area (Å²) in [5.41, 5.74) is 2.05. The summed E-state index contributed by atoms with van der Waals surface area (Å²) in [6.07, 6.45) is 5.63. The lowest BCUT2D eigenvalue weighted by atomic mass is 10.2. The van der Waals surface area contributed by atoms with Crippen LogP contribution in [0.15, 0.2) is 24.3 Å². The van der Waals surface area contributed by atoms with Gasteiger partial charge in [0.15, 0.2) is 10.9 Å². The van der Waals surface area contributed by atoms with E-state index in [4.69, 9.17) is 17.0 Å². The van der Waals surface area contributed by atoms with Gasteiger partial charge in [0, 0.05) is 44.0 Å². The average Bonchev–Trinajstić information content (AvgIpc) is 2.90. The van der Waals surface area contributed by atoms with Gasteiger partial charge < -0.3 is 19.9 Å². The highest BCUT2D eigenvalue weighted by Crippen LogP contribution is 2.23. The highest BCUT2D eigenvalue weighted by atomic mass is 32.1. The van der Waals surface area contributed by atoms with E-state index in [-0.39, 0.29) is 0 Å². The zero-order valence-corrected chi connectivity index (χ0v) is 16.1. The van der Waals surface area contributed by atoms with Crippen molar-refractivity contribution in [1.29, 1.82) is 0 Å². The number of hydrogen-bond donors (Lipinski definition) is 2. The van der Waals surface area contributed by atoms with Crippen LogP contribution in [0.4, 0.5) is 5.69 Å². The SMILES string of the molecule is CCOCCCNC(=S)Nc1ccc(-c2nnc3n2CCCCC3)cc1. The number of nitrogens with one attached hydrogen (secondary N) is 2. The molecule has 2 aromatic rings. The van der Waals surface area contributed by atoms with Gasteiger partial charge in [-0.05, 0) is 62.7 Å². The number of thiocarbonyl (C=S) groups is 1. The van der Waals surface area contributed by atoms with Crippen molar-refractivity contribution in [3.05, 3.63) is 30.1 Å². The monoisotopic (exact) mass is 373 g/mol. The minimum atomic E-state index is 0.630. The van der Waals surface area contributed by atoms with Crippen molar-refractivity contribution >= 4 is 23.0 Å². The predicted octanol–water partition coefficient (Wildman–Crippen LogP) is 3.38. The molecule has 0 spiro atoms. The van der Waals surface area contributed by atoms with Crippen LogP contribution in [0, 0.1) is 0 Å². The first-order valence-electron chi connectivity index (χ1n) is 9.43. The quantitative estimate of drug-likeness (QED) is 0.573. The third-order valence-corrected chi connectivity index (χ3v) is 4.71. The molecule has 7 heteroatoms. The molecule has 1 aliphatic rings. The van der Waals surface area contributed by atoms with Gasteiger partial charge in [-0.2, -0.15) is 0 Å². The Bertz CT molecular complexity index is 713. The number of anilines is 1. The number of hydrogen-bond acceptors (Lipinski definition) is 4. The molecule has 2 heterocycles. The Morgan fingerprint density at radius 2 is 2.04 bits per heavy atom. The van der Waals surface area contributed by atoms with Crippen LogP contribution in [-0.2, 0) is 17.7 Å². The van der Waals surface area contributed by atoms with E-state index in [9.17, 15) is 0 Å². The third-order valence-electron chi connectivity index (χ3n) is 4.47. The predicted molar refractivity (Wildman–Crippen MR) is 108 cm³/mol. The minimum absolute atomic E-state index is 0.630. The molecule has 0 bridgehead atoms. The van der Waals surface area contributed by atoms with Crippen LogP contribution in [0.3, 0.4) is 0 Å². The van der Waals surface area contributed by atoms with Crippen molar-refractivity contribution in [1.82, 2.24) is 20.1 Å². The molecular formula is C19H27N5OS. The van der Waals surface area contributed by atoms with E-state index in [0.717, 1.165) is 62.0 Å². The normalized spacial score (nSPS) is 13.7. The molecule has 0 amide bonds. The maximum Gasteiger partial charge on any atom is 0.170 e. The van der Waals surface area contributed by atoms with Crippen molar-refractivity contribution in [3.8, 4) is 11.4 Å². The summed E-state index contributed by atoms with van der Waals surface area (Å²) in [6.45, 7) is 5.32. The second-order valence-electron chi connectivity index (χ2n) is 6.41.